The lowest BCUT2D eigenvalue weighted by atomic mass is 10.0. The van der Waals surface area contributed by atoms with E-state index >= 15 is 0 Å². The Morgan fingerprint density at radius 2 is 2.33 bits per heavy atom. The zero-order valence-corrected chi connectivity index (χ0v) is 13.9. The molecule has 6 nitrogen and oxygen atoms in total. The van der Waals surface area contributed by atoms with Gasteiger partial charge in [0, 0.05) is 13.0 Å². The number of aliphatic hydroxyl groups excluding tert-OH is 1. The van der Waals surface area contributed by atoms with Crippen LogP contribution in [0, 0.1) is 0 Å². The van der Waals surface area contributed by atoms with E-state index in [1.165, 1.54) is 6.26 Å². The third-order valence-corrected chi connectivity index (χ3v) is 4.25. The van der Waals surface area contributed by atoms with Crippen molar-refractivity contribution < 1.29 is 19.1 Å². The van der Waals surface area contributed by atoms with Crippen molar-refractivity contribution in [2.45, 2.75) is 38.3 Å². The number of ether oxygens (including phenoxy) is 1. The molecule has 1 amide bonds. The van der Waals surface area contributed by atoms with Crippen molar-refractivity contribution in [1.82, 2.24) is 9.88 Å². The van der Waals surface area contributed by atoms with Crippen LogP contribution in [0.1, 0.15) is 47.7 Å². The third-order valence-electron chi connectivity index (χ3n) is 4.25. The van der Waals surface area contributed by atoms with Crippen LogP contribution in [0.15, 0.2) is 34.9 Å². The summed E-state index contributed by atoms with van der Waals surface area (Å²) in [6, 6.07) is 7.38. The van der Waals surface area contributed by atoms with Gasteiger partial charge in [-0.25, -0.2) is 4.98 Å². The molecule has 2 heterocycles. The van der Waals surface area contributed by atoms with E-state index in [9.17, 15) is 9.90 Å². The van der Waals surface area contributed by atoms with Gasteiger partial charge in [0.1, 0.15) is 12.0 Å². The van der Waals surface area contributed by atoms with Gasteiger partial charge in [0.05, 0.1) is 19.3 Å². The fourth-order valence-electron chi connectivity index (χ4n) is 3.09. The Labute approximate surface area is 141 Å². The van der Waals surface area contributed by atoms with Crippen LogP contribution in [0.5, 0.6) is 5.75 Å². The minimum atomic E-state index is -0.549. The number of β-amino-alcohol motifs (C(OH)–C–C–N with tert-alkyl or cyclic N) is 1. The first-order chi connectivity index (χ1) is 11.6. The number of oxazole rings is 1. The SMILES string of the molecule is CCCc1nc(C(=O)N2CC(O)CC2c2cccc(OC)c2)co1. The van der Waals surface area contributed by atoms with Gasteiger partial charge in [-0.15, -0.1) is 0 Å². The molecule has 1 fully saturated rings. The van der Waals surface area contributed by atoms with Crippen molar-refractivity contribution in [3.05, 3.63) is 47.7 Å². The number of aromatic nitrogens is 1. The summed E-state index contributed by atoms with van der Waals surface area (Å²) in [5.41, 5.74) is 1.23. The maximum absolute atomic E-state index is 12.8. The monoisotopic (exact) mass is 330 g/mol. The number of methoxy groups -OCH3 is 1. The summed E-state index contributed by atoms with van der Waals surface area (Å²) in [6.07, 6.45) is 2.96. The van der Waals surface area contributed by atoms with Gasteiger partial charge in [-0.05, 0) is 30.5 Å². The number of rotatable bonds is 5. The summed E-state index contributed by atoms with van der Waals surface area (Å²) in [5, 5.41) is 10.1. The minimum absolute atomic E-state index is 0.200. The predicted octanol–water partition coefficient (Wildman–Crippen LogP) is 2.58. The minimum Gasteiger partial charge on any atom is -0.497 e. The zero-order valence-electron chi connectivity index (χ0n) is 13.9. The van der Waals surface area contributed by atoms with Crippen LogP contribution in [-0.4, -0.2) is 40.7 Å². The maximum atomic E-state index is 12.8. The van der Waals surface area contributed by atoms with Crippen LogP contribution in [0.3, 0.4) is 0 Å². The van der Waals surface area contributed by atoms with E-state index in [0.29, 0.717) is 24.4 Å². The topological polar surface area (TPSA) is 75.8 Å². The van der Waals surface area contributed by atoms with Gasteiger partial charge < -0.3 is 19.2 Å². The second-order valence-electron chi connectivity index (χ2n) is 6.02. The molecule has 24 heavy (non-hydrogen) atoms. The number of hydrogen-bond donors (Lipinski definition) is 1. The standard InChI is InChI=1S/C18H22N2O4/c1-3-5-17-19-15(11-24-17)18(22)20-10-13(21)9-16(20)12-6-4-7-14(8-12)23-2/h4,6-8,11,13,16,21H,3,5,9-10H2,1-2H3. The van der Waals surface area contributed by atoms with E-state index < -0.39 is 6.10 Å². The normalized spacial score (nSPS) is 20.4. The lowest BCUT2D eigenvalue weighted by Gasteiger charge is -2.24. The Morgan fingerprint density at radius 3 is 3.08 bits per heavy atom. The number of carbonyl (C=O) groups excluding carboxylic acids is 1. The van der Waals surface area contributed by atoms with Crippen molar-refractivity contribution >= 4 is 5.91 Å². The van der Waals surface area contributed by atoms with Crippen LogP contribution in [0.4, 0.5) is 0 Å². The number of likely N-dealkylation sites (tertiary alicyclic amines) is 1. The predicted molar refractivity (Wildman–Crippen MR) is 87.9 cm³/mol. The molecular weight excluding hydrogens is 308 g/mol. The van der Waals surface area contributed by atoms with Crippen LogP contribution in [-0.2, 0) is 6.42 Å². The molecule has 1 aliphatic heterocycles. The highest BCUT2D eigenvalue weighted by molar-refractivity contribution is 5.92. The first-order valence-electron chi connectivity index (χ1n) is 8.19. The van der Waals surface area contributed by atoms with Gasteiger partial charge in [0.15, 0.2) is 11.6 Å². The average Bonchev–Trinajstić information content (AvgIpc) is 3.21. The smallest absolute Gasteiger partial charge is 0.276 e. The van der Waals surface area contributed by atoms with Crippen molar-refractivity contribution in [3.8, 4) is 5.75 Å². The molecule has 2 unspecified atom stereocenters. The molecule has 6 heteroatoms. The third kappa shape index (κ3) is 3.28. The number of benzene rings is 1. The Bertz CT molecular complexity index is 713. The van der Waals surface area contributed by atoms with Crippen molar-refractivity contribution in [3.63, 3.8) is 0 Å². The van der Waals surface area contributed by atoms with Crippen molar-refractivity contribution in [1.29, 1.82) is 0 Å². The van der Waals surface area contributed by atoms with Crippen LogP contribution < -0.4 is 4.74 Å². The van der Waals surface area contributed by atoms with E-state index in [-0.39, 0.29) is 18.5 Å². The molecule has 128 valence electrons. The molecule has 0 aliphatic carbocycles. The van der Waals surface area contributed by atoms with Gasteiger partial charge in [-0.2, -0.15) is 0 Å². The number of nitrogens with zero attached hydrogens (tertiary/aromatic N) is 2. The van der Waals surface area contributed by atoms with Crippen molar-refractivity contribution in [2.24, 2.45) is 0 Å². The molecule has 1 saturated heterocycles. The molecule has 0 bridgehead atoms. The Balaban J connectivity index is 1.85. The summed E-state index contributed by atoms with van der Waals surface area (Å²) in [5.74, 6) is 1.08. The Morgan fingerprint density at radius 1 is 1.50 bits per heavy atom. The average molecular weight is 330 g/mol. The summed E-state index contributed by atoms with van der Waals surface area (Å²) >= 11 is 0. The molecule has 0 saturated carbocycles. The highest BCUT2D eigenvalue weighted by Crippen LogP contribution is 2.34. The number of hydrogen-bond acceptors (Lipinski definition) is 5. The van der Waals surface area contributed by atoms with Crippen LogP contribution in [0.25, 0.3) is 0 Å². The Kier molecular flexibility index (Phi) is 4.85. The molecule has 2 atom stereocenters. The van der Waals surface area contributed by atoms with E-state index in [0.717, 1.165) is 17.7 Å². The molecule has 0 spiro atoms. The fraction of sp³-hybridized carbons (Fsp3) is 0.444. The summed E-state index contributed by atoms with van der Waals surface area (Å²) in [7, 11) is 1.61. The number of aliphatic hydroxyl groups is 1. The van der Waals surface area contributed by atoms with Crippen molar-refractivity contribution in [2.75, 3.05) is 13.7 Å². The molecule has 3 rings (SSSR count). The van der Waals surface area contributed by atoms with E-state index in [1.807, 2.05) is 31.2 Å². The second-order valence-corrected chi connectivity index (χ2v) is 6.02. The molecule has 1 aliphatic rings. The number of aryl methyl sites for hydroxylation is 1. The summed E-state index contributed by atoms with van der Waals surface area (Å²) < 4.78 is 10.6. The van der Waals surface area contributed by atoms with E-state index in [1.54, 1.807) is 12.0 Å². The quantitative estimate of drug-likeness (QED) is 0.912. The highest BCUT2D eigenvalue weighted by atomic mass is 16.5. The summed E-state index contributed by atoms with van der Waals surface area (Å²) in [4.78, 5) is 18.7. The highest BCUT2D eigenvalue weighted by Gasteiger charge is 2.36. The molecule has 1 aromatic carbocycles. The molecule has 2 aromatic rings. The molecule has 0 radical (unpaired) electrons. The number of amides is 1. The molecule has 1 N–H and O–H groups in total. The first-order valence-corrected chi connectivity index (χ1v) is 8.19. The van der Waals surface area contributed by atoms with Gasteiger partial charge in [-0.3, -0.25) is 4.79 Å². The fourth-order valence-corrected chi connectivity index (χ4v) is 3.09. The van der Waals surface area contributed by atoms with Gasteiger partial charge in [-0.1, -0.05) is 19.1 Å². The lowest BCUT2D eigenvalue weighted by Crippen LogP contribution is -2.32. The maximum Gasteiger partial charge on any atom is 0.276 e. The second kappa shape index (κ2) is 7.05. The molecule has 1 aromatic heterocycles. The van der Waals surface area contributed by atoms with Gasteiger partial charge in [0.2, 0.25) is 0 Å². The first kappa shape index (κ1) is 16.5. The van der Waals surface area contributed by atoms with E-state index in [2.05, 4.69) is 4.98 Å². The molecular formula is C18H22N2O4. The Hall–Kier alpha value is -2.34. The largest absolute Gasteiger partial charge is 0.497 e. The lowest BCUT2D eigenvalue weighted by molar-refractivity contribution is 0.0709. The van der Waals surface area contributed by atoms with Crippen LogP contribution >= 0.6 is 0 Å². The number of carbonyl (C=O) groups is 1. The zero-order chi connectivity index (χ0) is 17.1. The van der Waals surface area contributed by atoms with Gasteiger partial charge in [0.25, 0.3) is 5.91 Å². The van der Waals surface area contributed by atoms with Crippen LogP contribution in [0.2, 0.25) is 0 Å². The van der Waals surface area contributed by atoms with Gasteiger partial charge >= 0.3 is 0 Å². The van der Waals surface area contributed by atoms with E-state index in [4.69, 9.17) is 9.15 Å². The summed E-state index contributed by atoms with van der Waals surface area (Å²) in [6.45, 7) is 2.32.